The van der Waals surface area contributed by atoms with E-state index in [1.807, 2.05) is 0 Å². The van der Waals surface area contributed by atoms with Gasteiger partial charge in [-0.1, -0.05) is 22.9 Å². The van der Waals surface area contributed by atoms with Gasteiger partial charge in [0.05, 0.1) is 33.9 Å². The Kier molecular flexibility index (Phi) is 6.41. The monoisotopic (exact) mass is 416 g/mol. The van der Waals surface area contributed by atoms with Gasteiger partial charge < -0.3 is 20.8 Å². The fourth-order valence-corrected chi connectivity index (χ4v) is 2.96. The first-order valence-electron chi connectivity index (χ1n) is 8.14. The van der Waals surface area contributed by atoms with Crippen LogP contribution in [-0.4, -0.2) is 44.4 Å². The largest absolute Gasteiger partial charge is 0.387 e. The fraction of sp³-hybridized carbons (Fsp3) is 0.471. The Labute approximate surface area is 165 Å². The summed E-state index contributed by atoms with van der Waals surface area (Å²) in [6.07, 6.45) is 1.17. The third kappa shape index (κ3) is 5.83. The standard InChI is InChI=1S/C17H22ClFN4O3S/c1-16(2,25)11(19)7-21-14(24)9-6-20-13(18)5-10(9)23-15-22-8-12(27-15)17(3,4)26/h5-6,8,11,25-26H,7H2,1-4H3,(H,21,24)(H,20,22,23)/t11-/m1/s1. The van der Waals surface area contributed by atoms with Crippen LogP contribution in [0.3, 0.4) is 0 Å². The summed E-state index contributed by atoms with van der Waals surface area (Å²) in [6, 6.07) is 1.45. The lowest BCUT2D eigenvalue weighted by Crippen LogP contribution is -2.42. The first-order valence-corrected chi connectivity index (χ1v) is 9.33. The van der Waals surface area contributed by atoms with Crippen molar-refractivity contribution >= 4 is 39.7 Å². The molecule has 4 N–H and O–H groups in total. The summed E-state index contributed by atoms with van der Waals surface area (Å²) in [6.45, 7) is 5.57. The number of hydrogen-bond acceptors (Lipinski definition) is 7. The molecule has 2 aromatic heterocycles. The van der Waals surface area contributed by atoms with Gasteiger partial charge in [-0.3, -0.25) is 4.79 Å². The van der Waals surface area contributed by atoms with Crippen LogP contribution in [0.5, 0.6) is 0 Å². The summed E-state index contributed by atoms with van der Waals surface area (Å²) in [5.41, 5.74) is -2.13. The van der Waals surface area contributed by atoms with E-state index in [0.717, 1.165) is 0 Å². The Bertz CT molecular complexity index is 817. The highest BCUT2D eigenvalue weighted by Gasteiger charge is 2.27. The van der Waals surface area contributed by atoms with E-state index in [1.54, 1.807) is 13.8 Å². The van der Waals surface area contributed by atoms with Crippen molar-refractivity contribution in [1.82, 2.24) is 15.3 Å². The molecule has 0 aromatic carbocycles. The first-order chi connectivity index (χ1) is 12.4. The summed E-state index contributed by atoms with van der Waals surface area (Å²) in [4.78, 5) is 21.1. The third-order valence-electron chi connectivity index (χ3n) is 3.67. The lowest BCUT2D eigenvalue weighted by Gasteiger charge is -2.22. The molecule has 0 aliphatic carbocycles. The number of aromatic nitrogens is 2. The quantitative estimate of drug-likeness (QED) is 0.517. The Hall–Kier alpha value is -1.81. The lowest BCUT2D eigenvalue weighted by atomic mass is 10.0. The van der Waals surface area contributed by atoms with Gasteiger partial charge in [-0.25, -0.2) is 14.4 Å². The highest BCUT2D eigenvalue weighted by molar-refractivity contribution is 7.15. The number of halogens is 2. The van der Waals surface area contributed by atoms with Crippen LogP contribution in [0.15, 0.2) is 18.5 Å². The number of hydrogen-bond donors (Lipinski definition) is 4. The lowest BCUT2D eigenvalue weighted by molar-refractivity contribution is -0.00177. The molecule has 1 amide bonds. The number of pyridine rings is 1. The minimum Gasteiger partial charge on any atom is -0.387 e. The molecule has 2 aromatic rings. The van der Waals surface area contributed by atoms with Crippen LogP contribution in [0.2, 0.25) is 5.15 Å². The van der Waals surface area contributed by atoms with Gasteiger partial charge >= 0.3 is 0 Å². The molecule has 0 aliphatic rings. The molecule has 0 radical (unpaired) electrons. The zero-order chi connectivity index (χ0) is 20.4. The van der Waals surface area contributed by atoms with Crippen LogP contribution in [0.4, 0.5) is 15.2 Å². The molecule has 7 nitrogen and oxygen atoms in total. The molecule has 0 unspecified atom stereocenters. The number of amides is 1. The second-order valence-electron chi connectivity index (χ2n) is 7.10. The molecule has 0 bridgehead atoms. The van der Waals surface area contributed by atoms with Gasteiger partial charge in [-0.2, -0.15) is 0 Å². The molecular weight excluding hydrogens is 395 g/mol. The van der Waals surface area contributed by atoms with Crippen molar-refractivity contribution in [3.63, 3.8) is 0 Å². The zero-order valence-corrected chi connectivity index (χ0v) is 17.0. The highest BCUT2D eigenvalue weighted by Crippen LogP contribution is 2.31. The Morgan fingerprint density at radius 1 is 1.30 bits per heavy atom. The van der Waals surface area contributed by atoms with Crippen LogP contribution in [0.1, 0.15) is 42.9 Å². The van der Waals surface area contributed by atoms with E-state index in [4.69, 9.17) is 11.6 Å². The van der Waals surface area contributed by atoms with Crippen LogP contribution in [0, 0.1) is 0 Å². The van der Waals surface area contributed by atoms with E-state index in [0.29, 0.717) is 15.7 Å². The summed E-state index contributed by atoms with van der Waals surface area (Å²) in [5, 5.41) is 25.7. The molecular formula is C17H22ClFN4O3S. The number of aliphatic hydroxyl groups is 2. The van der Waals surface area contributed by atoms with Gasteiger partial charge in [0.2, 0.25) is 0 Å². The van der Waals surface area contributed by atoms with Gasteiger partial charge in [-0.15, -0.1) is 0 Å². The molecule has 0 fully saturated rings. The summed E-state index contributed by atoms with van der Waals surface area (Å²) in [5.74, 6) is -0.576. The number of thiazole rings is 1. The average Bonchev–Trinajstić information content (AvgIpc) is 3.00. The van der Waals surface area contributed by atoms with Crippen molar-refractivity contribution in [3.8, 4) is 0 Å². The molecule has 0 saturated heterocycles. The molecule has 148 valence electrons. The number of rotatable bonds is 7. The Morgan fingerprint density at radius 3 is 2.52 bits per heavy atom. The van der Waals surface area contributed by atoms with Crippen molar-refractivity contribution in [2.75, 3.05) is 11.9 Å². The van der Waals surface area contributed by atoms with Crippen LogP contribution >= 0.6 is 22.9 Å². The summed E-state index contributed by atoms with van der Waals surface area (Å²) in [7, 11) is 0. The maximum atomic E-state index is 13.9. The molecule has 1 atom stereocenters. The number of carbonyl (C=O) groups is 1. The second kappa shape index (κ2) is 8.05. The predicted octanol–water partition coefficient (Wildman–Crippen LogP) is 3.00. The van der Waals surface area contributed by atoms with E-state index < -0.39 is 23.3 Å². The smallest absolute Gasteiger partial charge is 0.255 e. The van der Waals surface area contributed by atoms with E-state index in [9.17, 15) is 19.4 Å². The second-order valence-corrected chi connectivity index (χ2v) is 8.52. The van der Waals surface area contributed by atoms with Gasteiger partial charge in [0.15, 0.2) is 5.13 Å². The van der Waals surface area contributed by atoms with Crippen LogP contribution in [-0.2, 0) is 5.60 Å². The fourth-order valence-electron chi connectivity index (χ4n) is 1.97. The molecule has 2 heterocycles. The van der Waals surface area contributed by atoms with E-state index in [2.05, 4.69) is 20.6 Å². The number of anilines is 2. The SMILES string of the molecule is CC(C)(O)c1cnc(Nc2cc(Cl)ncc2C(=O)NC[C@@H](F)C(C)(C)O)s1. The molecule has 2 rings (SSSR count). The van der Waals surface area contributed by atoms with Crippen LogP contribution < -0.4 is 10.6 Å². The van der Waals surface area contributed by atoms with Gasteiger partial charge in [0.1, 0.15) is 11.3 Å². The third-order valence-corrected chi connectivity index (χ3v) is 5.11. The highest BCUT2D eigenvalue weighted by atomic mass is 35.5. The number of nitrogens with one attached hydrogen (secondary N) is 2. The minimum absolute atomic E-state index is 0.141. The molecule has 0 spiro atoms. The van der Waals surface area contributed by atoms with Gasteiger partial charge in [0, 0.05) is 12.4 Å². The number of alkyl halides is 1. The maximum absolute atomic E-state index is 13.9. The topological polar surface area (TPSA) is 107 Å². The van der Waals surface area contributed by atoms with Gasteiger partial charge in [-0.05, 0) is 33.8 Å². The van der Waals surface area contributed by atoms with Crippen molar-refractivity contribution < 1.29 is 19.4 Å². The summed E-state index contributed by atoms with van der Waals surface area (Å²) < 4.78 is 13.9. The Morgan fingerprint density at radius 2 is 1.96 bits per heavy atom. The number of nitrogens with zero attached hydrogens (tertiary/aromatic N) is 2. The van der Waals surface area contributed by atoms with E-state index >= 15 is 0 Å². The normalized spacial score (nSPS) is 13.3. The molecule has 10 heteroatoms. The average molecular weight is 417 g/mol. The maximum Gasteiger partial charge on any atom is 0.255 e. The van der Waals surface area contributed by atoms with Crippen molar-refractivity contribution in [3.05, 3.63) is 34.1 Å². The summed E-state index contributed by atoms with van der Waals surface area (Å²) >= 11 is 7.14. The number of carbonyl (C=O) groups excluding carboxylic acids is 1. The molecule has 0 aliphatic heterocycles. The van der Waals surface area contributed by atoms with Crippen LogP contribution in [0.25, 0.3) is 0 Å². The van der Waals surface area contributed by atoms with E-state index in [-0.39, 0.29) is 17.3 Å². The Balaban J connectivity index is 2.19. The zero-order valence-electron chi connectivity index (χ0n) is 15.4. The molecule has 0 saturated carbocycles. The molecule has 27 heavy (non-hydrogen) atoms. The van der Waals surface area contributed by atoms with Crippen molar-refractivity contribution in [2.24, 2.45) is 0 Å². The van der Waals surface area contributed by atoms with E-state index in [1.165, 1.54) is 43.6 Å². The minimum atomic E-state index is -1.63. The first kappa shape index (κ1) is 21.5. The van der Waals surface area contributed by atoms with Crippen molar-refractivity contribution in [2.45, 2.75) is 45.1 Å². The van der Waals surface area contributed by atoms with Gasteiger partial charge in [0.25, 0.3) is 5.91 Å². The predicted molar refractivity (Wildman–Crippen MR) is 103 cm³/mol. The van der Waals surface area contributed by atoms with Crippen molar-refractivity contribution in [1.29, 1.82) is 0 Å².